The number of rotatable bonds is 3. The van der Waals surface area contributed by atoms with Gasteiger partial charge in [-0.2, -0.15) is 5.10 Å². The zero-order valence-electron chi connectivity index (χ0n) is 13.1. The number of aromatic hydroxyl groups is 1. The fourth-order valence-electron chi connectivity index (χ4n) is 2.20. The van der Waals surface area contributed by atoms with Crippen LogP contribution in [0.1, 0.15) is 5.56 Å². The van der Waals surface area contributed by atoms with Crippen LogP contribution in [0, 0.1) is 0 Å². The molecule has 0 spiro atoms. The largest absolute Gasteiger partial charge is 0.507 e. The molecule has 0 radical (unpaired) electrons. The number of thioether (sulfide) groups is 1. The lowest BCUT2D eigenvalue weighted by molar-refractivity contribution is -0.135. The van der Waals surface area contributed by atoms with Crippen LogP contribution in [-0.2, 0) is 14.3 Å². The minimum atomic E-state index is -0.622. The van der Waals surface area contributed by atoms with Gasteiger partial charge in [0.15, 0.2) is 5.17 Å². The predicted octanol–water partition coefficient (Wildman–Crippen LogP) is 2.16. The van der Waals surface area contributed by atoms with Crippen LogP contribution in [0.3, 0.4) is 0 Å². The van der Waals surface area contributed by atoms with Crippen molar-refractivity contribution >= 4 is 45.8 Å². The molecule has 1 aliphatic heterocycles. The van der Waals surface area contributed by atoms with E-state index in [-0.39, 0.29) is 15.8 Å². The zero-order valence-corrected chi connectivity index (χ0v) is 13.9. The molecule has 25 heavy (non-hydrogen) atoms. The molecular formula is C17H13N3O4S. The van der Waals surface area contributed by atoms with Gasteiger partial charge in [0.1, 0.15) is 5.75 Å². The molecule has 7 nitrogen and oxygen atoms in total. The van der Waals surface area contributed by atoms with Gasteiger partial charge in [-0.1, -0.05) is 30.3 Å². The summed E-state index contributed by atoms with van der Waals surface area (Å²) in [5.74, 6) is -0.988. The van der Waals surface area contributed by atoms with Gasteiger partial charge in [0, 0.05) is 11.6 Å². The standard InChI is InChI=1S/C17H13N3O4S/c1-24-15(22)8-14-16(23)19-17(25-14)20-18-9-12-11-5-3-2-4-10(11)6-7-13(12)21/h2-9,21H,1H3,(H,19,20,23)/b14-8+,18-9?. The maximum atomic E-state index is 11.7. The summed E-state index contributed by atoms with van der Waals surface area (Å²) >= 11 is 0.979. The van der Waals surface area contributed by atoms with Crippen molar-refractivity contribution in [1.82, 2.24) is 5.32 Å². The van der Waals surface area contributed by atoms with Crippen LogP contribution in [0.25, 0.3) is 10.8 Å². The van der Waals surface area contributed by atoms with E-state index < -0.39 is 11.9 Å². The maximum Gasteiger partial charge on any atom is 0.331 e. The van der Waals surface area contributed by atoms with Gasteiger partial charge in [-0.15, -0.1) is 5.10 Å². The summed E-state index contributed by atoms with van der Waals surface area (Å²) in [6, 6.07) is 11.0. The second-order valence-corrected chi connectivity index (χ2v) is 5.99. The molecule has 1 amide bonds. The van der Waals surface area contributed by atoms with Crippen molar-refractivity contribution in [2.75, 3.05) is 7.11 Å². The first kappa shape index (κ1) is 16.7. The monoisotopic (exact) mass is 355 g/mol. The Kier molecular flexibility index (Phi) is 4.80. The van der Waals surface area contributed by atoms with Gasteiger partial charge in [0.25, 0.3) is 5.91 Å². The minimum absolute atomic E-state index is 0.0806. The van der Waals surface area contributed by atoms with Gasteiger partial charge in [-0.05, 0) is 28.6 Å². The van der Waals surface area contributed by atoms with Gasteiger partial charge in [0.2, 0.25) is 0 Å². The zero-order chi connectivity index (χ0) is 17.8. The van der Waals surface area contributed by atoms with E-state index in [1.54, 1.807) is 6.07 Å². The smallest absolute Gasteiger partial charge is 0.331 e. The third-order valence-corrected chi connectivity index (χ3v) is 4.28. The Balaban J connectivity index is 1.84. The lowest BCUT2D eigenvalue weighted by Gasteiger charge is -2.03. The molecule has 2 N–H and O–H groups in total. The number of carbonyl (C=O) groups excluding carboxylic acids is 2. The number of hydrogen-bond donors (Lipinski definition) is 2. The number of fused-ring (bicyclic) bond motifs is 1. The molecule has 126 valence electrons. The van der Waals surface area contributed by atoms with Gasteiger partial charge in [0.05, 0.1) is 18.2 Å². The number of nitrogens with zero attached hydrogens (tertiary/aromatic N) is 2. The Morgan fingerprint density at radius 1 is 1.28 bits per heavy atom. The van der Waals surface area contributed by atoms with E-state index in [0.29, 0.717) is 5.56 Å². The van der Waals surface area contributed by atoms with E-state index in [0.717, 1.165) is 28.6 Å². The highest BCUT2D eigenvalue weighted by Gasteiger charge is 2.25. The Morgan fingerprint density at radius 2 is 2.08 bits per heavy atom. The van der Waals surface area contributed by atoms with E-state index in [1.807, 2.05) is 30.3 Å². The number of esters is 1. The van der Waals surface area contributed by atoms with Crippen LogP contribution in [0.15, 0.2) is 57.6 Å². The maximum absolute atomic E-state index is 11.7. The average molecular weight is 355 g/mol. The number of hydrogen-bond acceptors (Lipinski definition) is 7. The first-order valence-electron chi connectivity index (χ1n) is 7.19. The highest BCUT2D eigenvalue weighted by molar-refractivity contribution is 8.18. The molecule has 1 fully saturated rings. The van der Waals surface area contributed by atoms with E-state index in [9.17, 15) is 14.7 Å². The molecule has 8 heteroatoms. The van der Waals surface area contributed by atoms with Crippen LogP contribution >= 0.6 is 11.8 Å². The number of nitrogens with one attached hydrogen (secondary N) is 1. The molecule has 0 bridgehead atoms. The number of ether oxygens (including phenoxy) is 1. The Morgan fingerprint density at radius 3 is 2.88 bits per heavy atom. The van der Waals surface area contributed by atoms with Crippen molar-refractivity contribution in [2.24, 2.45) is 10.2 Å². The van der Waals surface area contributed by atoms with Crippen molar-refractivity contribution in [2.45, 2.75) is 0 Å². The first-order valence-corrected chi connectivity index (χ1v) is 8.00. The molecule has 2 aromatic rings. The molecule has 3 rings (SSSR count). The molecule has 1 heterocycles. The lowest BCUT2D eigenvalue weighted by Crippen LogP contribution is -2.19. The summed E-state index contributed by atoms with van der Waals surface area (Å²) in [7, 11) is 1.23. The fourth-order valence-corrected chi connectivity index (χ4v) is 2.94. The summed E-state index contributed by atoms with van der Waals surface area (Å²) < 4.78 is 4.48. The van der Waals surface area contributed by atoms with Crippen LogP contribution in [0.5, 0.6) is 5.75 Å². The fraction of sp³-hybridized carbons (Fsp3) is 0.0588. The highest BCUT2D eigenvalue weighted by Crippen LogP contribution is 2.26. The molecule has 1 aliphatic rings. The summed E-state index contributed by atoms with van der Waals surface area (Å²) in [6.07, 6.45) is 2.50. The van der Waals surface area contributed by atoms with Crippen LogP contribution in [-0.4, -0.2) is 35.5 Å². The van der Waals surface area contributed by atoms with Crippen molar-refractivity contribution in [3.8, 4) is 5.75 Å². The normalized spacial score (nSPS) is 17.6. The van der Waals surface area contributed by atoms with Crippen molar-refractivity contribution in [3.63, 3.8) is 0 Å². The molecule has 0 saturated carbocycles. The summed E-state index contributed by atoms with van der Waals surface area (Å²) in [5, 5.41) is 22.4. The molecular weight excluding hydrogens is 342 g/mol. The van der Waals surface area contributed by atoms with Crippen LogP contribution < -0.4 is 5.32 Å². The summed E-state index contributed by atoms with van der Waals surface area (Å²) in [4.78, 5) is 23.1. The van der Waals surface area contributed by atoms with Gasteiger partial charge < -0.3 is 9.84 Å². The number of benzene rings is 2. The Bertz CT molecular complexity index is 950. The third-order valence-electron chi connectivity index (χ3n) is 3.38. The third kappa shape index (κ3) is 3.69. The number of carbonyl (C=O) groups is 2. The van der Waals surface area contributed by atoms with E-state index in [2.05, 4.69) is 20.3 Å². The van der Waals surface area contributed by atoms with Gasteiger partial charge in [-0.25, -0.2) is 4.79 Å². The van der Waals surface area contributed by atoms with Crippen molar-refractivity contribution < 1.29 is 19.4 Å². The quantitative estimate of drug-likeness (QED) is 0.380. The van der Waals surface area contributed by atoms with Gasteiger partial charge >= 0.3 is 5.97 Å². The lowest BCUT2D eigenvalue weighted by atomic mass is 10.0. The molecule has 1 saturated heterocycles. The van der Waals surface area contributed by atoms with E-state index >= 15 is 0 Å². The topological polar surface area (TPSA) is 100 Å². The predicted molar refractivity (Wildman–Crippen MR) is 96.5 cm³/mol. The Hall–Kier alpha value is -3.13. The number of methoxy groups -OCH3 is 1. The second kappa shape index (κ2) is 7.18. The average Bonchev–Trinajstić information content (AvgIpc) is 2.96. The molecule has 0 atom stereocenters. The highest BCUT2D eigenvalue weighted by atomic mass is 32.2. The molecule has 0 aromatic heterocycles. The van der Waals surface area contributed by atoms with Crippen LogP contribution in [0.4, 0.5) is 0 Å². The molecule has 2 aromatic carbocycles. The number of amides is 1. The van der Waals surface area contributed by atoms with Crippen molar-refractivity contribution in [3.05, 3.63) is 52.9 Å². The SMILES string of the molecule is COC(=O)/C=C1/S/C(=N\N=Cc2c(O)ccc3ccccc23)NC1=O. The Labute approximate surface area is 147 Å². The first-order chi connectivity index (χ1) is 12.1. The number of phenols is 1. The number of phenolic OH excluding ortho intramolecular Hbond substituents is 1. The van der Waals surface area contributed by atoms with E-state index in [1.165, 1.54) is 13.3 Å². The molecule has 0 unspecified atom stereocenters. The summed E-state index contributed by atoms with van der Waals surface area (Å²) in [6.45, 7) is 0. The summed E-state index contributed by atoms with van der Waals surface area (Å²) in [5.41, 5.74) is 0.530. The van der Waals surface area contributed by atoms with Crippen LogP contribution in [0.2, 0.25) is 0 Å². The molecule has 0 aliphatic carbocycles. The second-order valence-electron chi connectivity index (χ2n) is 4.96. The minimum Gasteiger partial charge on any atom is -0.507 e. The van der Waals surface area contributed by atoms with Crippen molar-refractivity contribution in [1.29, 1.82) is 0 Å². The van der Waals surface area contributed by atoms with Gasteiger partial charge in [-0.3, -0.25) is 10.1 Å². The number of amidine groups is 1. The van der Waals surface area contributed by atoms with E-state index in [4.69, 9.17) is 0 Å².